The van der Waals surface area contributed by atoms with Crippen LogP contribution in [0.15, 0.2) is 28.8 Å². The molecule has 2 aromatic rings. The van der Waals surface area contributed by atoms with Crippen molar-refractivity contribution in [1.82, 2.24) is 10.1 Å². The van der Waals surface area contributed by atoms with Gasteiger partial charge in [-0.3, -0.25) is 4.79 Å². The summed E-state index contributed by atoms with van der Waals surface area (Å²) in [4.78, 5) is 26.4. The third-order valence-electron chi connectivity index (χ3n) is 4.14. The summed E-state index contributed by atoms with van der Waals surface area (Å²) >= 11 is 0. The van der Waals surface area contributed by atoms with E-state index in [0.717, 1.165) is 29.7 Å². The first kappa shape index (κ1) is 19.5. The lowest BCUT2D eigenvalue weighted by molar-refractivity contribution is -0.116. The van der Waals surface area contributed by atoms with Crippen molar-refractivity contribution in [2.24, 2.45) is 0 Å². The normalized spacial score (nSPS) is 10.5. The van der Waals surface area contributed by atoms with Crippen LogP contribution in [0.4, 0.5) is 16.3 Å². The van der Waals surface area contributed by atoms with E-state index in [1.807, 2.05) is 39.0 Å². The molecule has 2 rings (SSSR count). The van der Waals surface area contributed by atoms with Crippen molar-refractivity contribution < 1.29 is 14.1 Å². The quantitative estimate of drug-likeness (QED) is 0.786. The van der Waals surface area contributed by atoms with Crippen LogP contribution < -0.4 is 10.6 Å². The standard InChI is InChI=1S/C19H26N4O3/c1-5-6-10-23(12-18(24)21-17-11-14(3)26-22-17)19(25)20-16-9-7-8-13(2)15(16)4/h7-9,11H,5-6,10,12H2,1-4H3,(H,20,25)(H,21,22,24). The Labute approximate surface area is 153 Å². The van der Waals surface area contributed by atoms with E-state index >= 15 is 0 Å². The Hall–Kier alpha value is -2.83. The van der Waals surface area contributed by atoms with Gasteiger partial charge in [-0.15, -0.1) is 0 Å². The fraction of sp³-hybridized carbons (Fsp3) is 0.421. The van der Waals surface area contributed by atoms with E-state index in [4.69, 9.17) is 4.52 Å². The first-order valence-electron chi connectivity index (χ1n) is 8.76. The molecule has 7 nitrogen and oxygen atoms in total. The van der Waals surface area contributed by atoms with E-state index in [2.05, 4.69) is 15.8 Å². The summed E-state index contributed by atoms with van der Waals surface area (Å²) in [6, 6.07) is 7.08. The van der Waals surface area contributed by atoms with Crippen LogP contribution in [0.2, 0.25) is 0 Å². The molecule has 0 spiro atoms. The zero-order chi connectivity index (χ0) is 19.1. The maximum absolute atomic E-state index is 12.7. The second-order valence-electron chi connectivity index (χ2n) is 6.32. The Morgan fingerprint density at radius 3 is 2.62 bits per heavy atom. The number of benzene rings is 1. The molecule has 0 atom stereocenters. The average molecular weight is 358 g/mol. The summed E-state index contributed by atoms with van der Waals surface area (Å²) in [5, 5.41) is 9.28. The van der Waals surface area contributed by atoms with Crippen molar-refractivity contribution in [3.05, 3.63) is 41.2 Å². The van der Waals surface area contributed by atoms with E-state index in [1.54, 1.807) is 13.0 Å². The van der Waals surface area contributed by atoms with Crippen LogP contribution in [0.3, 0.4) is 0 Å². The molecule has 0 aliphatic heterocycles. The highest BCUT2D eigenvalue weighted by Crippen LogP contribution is 2.18. The van der Waals surface area contributed by atoms with Crippen LogP contribution in [0, 0.1) is 20.8 Å². The second-order valence-corrected chi connectivity index (χ2v) is 6.32. The molecule has 7 heteroatoms. The number of rotatable bonds is 7. The third kappa shape index (κ3) is 5.34. The summed E-state index contributed by atoms with van der Waals surface area (Å²) in [5.41, 5.74) is 2.87. The number of amides is 3. The van der Waals surface area contributed by atoms with Crippen LogP contribution in [0.1, 0.15) is 36.7 Å². The molecule has 1 heterocycles. The van der Waals surface area contributed by atoms with Crippen LogP contribution in [-0.4, -0.2) is 35.1 Å². The molecule has 0 aliphatic rings. The number of hydrogen-bond donors (Lipinski definition) is 2. The number of nitrogens with zero attached hydrogens (tertiary/aromatic N) is 2. The fourth-order valence-corrected chi connectivity index (χ4v) is 2.46. The Balaban J connectivity index is 2.03. The molecule has 0 bridgehead atoms. The number of unbranched alkanes of at least 4 members (excludes halogenated alkanes) is 1. The van der Waals surface area contributed by atoms with E-state index in [0.29, 0.717) is 18.1 Å². The number of urea groups is 1. The monoisotopic (exact) mass is 358 g/mol. The van der Waals surface area contributed by atoms with Gasteiger partial charge in [0, 0.05) is 18.3 Å². The minimum Gasteiger partial charge on any atom is -0.360 e. The average Bonchev–Trinajstić information content (AvgIpc) is 3.00. The van der Waals surface area contributed by atoms with E-state index in [9.17, 15) is 9.59 Å². The Morgan fingerprint density at radius 1 is 1.19 bits per heavy atom. The molecule has 0 aliphatic carbocycles. The van der Waals surface area contributed by atoms with Crippen molar-refractivity contribution in [3.8, 4) is 0 Å². The third-order valence-corrected chi connectivity index (χ3v) is 4.14. The number of carbonyl (C=O) groups excluding carboxylic acids is 2. The minimum atomic E-state index is -0.314. The van der Waals surface area contributed by atoms with Crippen LogP contribution in [-0.2, 0) is 4.79 Å². The van der Waals surface area contributed by atoms with Crippen molar-refractivity contribution >= 4 is 23.4 Å². The fourth-order valence-electron chi connectivity index (χ4n) is 2.46. The predicted molar refractivity (Wildman–Crippen MR) is 101 cm³/mol. The zero-order valence-electron chi connectivity index (χ0n) is 15.8. The minimum absolute atomic E-state index is 0.0530. The molecule has 2 N–H and O–H groups in total. The molecule has 0 saturated heterocycles. The lowest BCUT2D eigenvalue weighted by Crippen LogP contribution is -2.41. The van der Waals surface area contributed by atoms with E-state index in [-0.39, 0.29) is 18.5 Å². The van der Waals surface area contributed by atoms with Gasteiger partial charge < -0.3 is 20.1 Å². The van der Waals surface area contributed by atoms with Gasteiger partial charge in [-0.25, -0.2) is 4.79 Å². The van der Waals surface area contributed by atoms with Crippen LogP contribution in [0.25, 0.3) is 0 Å². The van der Waals surface area contributed by atoms with Crippen molar-refractivity contribution in [1.29, 1.82) is 0 Å². The number of nitrogens with one attached hydrogen (secondary N) is 2. The van der Waals surface area contributed by atoms with Crippen LogP contribution >= 0.6 is 0 Å². The molecule has 140 valence electrons. The van der Waals surface area contributed by atoms with Gasteiger partial charge in [-0.05, 0) is 44.4 Å². The lowest BCUT2D eigenvalue weighted by atomic mass is 10.1. The zero-order valence-corrected chi connectivity index (χ0v) is 15.8. The highest BCUT2D eigenvalue weighted by molar-refractivity contribution is 5.96. The molecule has 1 aromatic heterocycles. The molecular weight excluding hydrogens is 332 g/mol. The maximum Gasteiger partial charge on any atom is 0.322 e. The second kappa shape index (κ2) is 9.03. The molecular formula is C19H26N4O3. The van der Waals surface area contributed by atoms with E-state index in [1.165, 1.54) is 4.90 Å². The number of anilines is 2. The Kier molecular flexibility index (Phi) is 6.77. The highest BCUT2D eigenvalue weighted by Gasteiger charge is 2.18. The van der Waals surface area contributed by atoms with Crippen LogP contribution in [0.5, 0.6) is 0 Å². The highest BCUT2D eigenvalue weighted by atomic mass is 16.5. The molecule has 0 radical (unpaired) electrons. The molecule has 0 saturated carbocycles. The first-order chi connectivity index (χ1) is 12.4. The summed E-state index contributed by atoms with van der Waals surface area (Å²) in [6.45, 7) is 8.18. The van der Waals surface area contributed by atoms with Crippen molar-refractivity contribution in [3.63, 3.8) is 0 Å². The molecule has 0 fully saturated rings. The largest absolute Gasteiger partial charge is 0.360 e. The smallest absolute Gasteiger partial charge is 0.322 e. The van der Waals surface area contributed by atoms with Gasteiger partial charge in [0.05, 0.1) is 0 Å². The Bertz CT molecular complexity index is 770. The molecule has 0 unspecified atom stereocenters. The molecule has 26 heavy (non-hydrogen) atoms. The summed E-state index contributed by atoms with van der Waals surface area (Å²) in [7, 11) is 0. The molecule has 1 aromatic carbocycles. The van der Waals surface area contributed by atoms with Gasteiger partial charge in [-0.2, -0.15) is 0 Å². The van der Waals surface area contributed by atoms with Crippen molar-refractivity contribution in [2.45, 2.75) is 40.5 Å². The topological polar surface area (TPSA) is 87.5 Å². The maximum atomic E-state index is 12.7. The molecule has 3 amide bonds. The van der Waals surface area contributed by atoms with Gasteiger partial charge in [0.25, 0.3) is 0 Å². The van der Waals surface area contributed by atoms with Gasteiger partial charge >= 0.3 is 6.03 Å². The van der Waals surface area contributed by atoms with Crippen molar-refractivity contribution in [2.75, 3.05) is 23.7 Å². The van der Waals surface area contributed by atoms with Gasteiger partial charge in [0.15, 0.2) is 5.82 Å². The lowest BCUT2D eigenvalue weighted by Gasteiger charge is -2.23. The number of aromatic nitrogens is 1. The summed E-state index contributed by atoms with van der Waals surface area (Å²) < 4.78 is 4.93. The van der Waals surface area contributed by atoms with E-state index < -0.39 is 0 Å². The Morgan fingerprint density at radius 2 is 1.96 bits per heavy atom. The first-order valence-corrected chi connectivity index (χ1v) is 8.76. The summed E-state index contributed by atoms with van der Waals surface area (Å²) in [6.07, 6.45) is 1.74. The number of aryl methyl sites for hydroxylation is 2. The number of carbonyl (C=O) groups is 2. The van der Waals surface area contributed by atoms with Gasteiger partial charge in [0.2, 0.25) is 5.91 Å². The number of hydrogen-bond acceptors (Lipinski definition) is 4. The van der Waals surface area contributed by atoms with Gasteiger partial charge in [-0.1, -0.05) is 30.6 Å². The predicted octanol–water partition coefficient (Wildman–Crippen LogP) is 3.87. The van der Waals surface area contributed by atoms with Gasteiger partial charge in [0.1, 0.15) is 12.3 Å². The SMILES string of the molecule is CCCCN(CC(=O)Nc1cc(C)on1)C(=O)Nc1cccc(C)c1C. The summed E-state index contributed by atoms with van der Waals surface area (Å²) in [5.74, 6) is 0.638.